The predicted octanol–water partition coefficient (Wildman–Crippen LogP) is 1.98. The van der Waals surface area contributed by atoms with Gasteiger partial charge in [0.15, 0.2) is 0 Å². The van der Waals surface area contributed by atoms with Crippen LogP contribution in [0.4, 0.5) is 0 Å². The van der Waals surface area contributed by atoms with Crippen molar-refractivity contribution in [3.8, 4) is 0 Å². The SMILES string of the molecule is CNC(Cc1ccccn1)c1ccccn1. The normalized spacial score (nSPS) is 12.3. The zero-order valence-corrected chi connectivity index (χ0v) is 9.30. The zero-order chi connectivity index (χ0) is 11.2. The minimum Gasteiger partial charge on any atom is -0.311 e. The molecule has 2 rings (SSSR count). The number of nitrogens with one attached hydrogen (secondary N) is 1. The fourth-order valence-corrected chi connectivity index (χ4v) is 1.66. The fourth-order valence-electron chi connectivity index (χ4n) is 1.66. The van der Waals surface area contributed by atoms with Crippen molar-refractivity contribution >= 4 is 0 Å². The third-order valence-corrected chi connectivity index (χ3v) is 2.53. The first-order chi connectivity index (χ1) is 7.90. The molecular weight excluding hydrogens is 198 g/mol. The van der Waals surface area contributed by atoms with Gasteiger partial charge in [0.2, 0.25) is 0 Å². The van der Waals surface area contributed by atoms with Gasteiger partial charge in [-0.1, -0.05) is 12.1 Å². The van der Waals surface area contributed by atoms with E-state index >= 15 is 0 Å². The van der Waals surface area contributed by atoms with Gasteiger partial charge in [-0.2, -0.15) is 0 Å². The Morgan fingerprint density at radius 2 is 1.81 bits per heavy atom. The molecule has 0 saturated carbocycles. The van der Waals surface area contributed by atoms with Crippen LogP contribution in [0.2, 0.25) is 0 Å². The van der Waals surface area contributed by atoms with Crippen molar-refractivity contribution in [3.63, 3.8) is 0 Å². The van der Waals surface area contributed by atoms with Crippen LogP contribution in [-0.2, 0) is 6.42 Å². The van der Waals surface area contributed by atoms with E-state index in [2.05, 4.69) is 15.3 Å². The van der Waals surface area contributed by atoms with Gasteiger partial charge in [-0.25, -0.2) is 0 Å². The Kier molecular flexibility index (Phi) is 3.62. The summed E-state index contributed by atoms with van der Waals surface area (Å²) in [6.07, 6.45) is 4.49. The average molecular weight is 213 g/mol. The molecule has 0 aliphatic heterocycles. The zero-order valence-electron chi connectivity index (χ0n) is 9.30. The van der Waals surface area contributed by atoms with Gasteiger partial charge in [-0.05, 0) is 31.3 Å². The first-order valence-electron chi connectivity index (χ1n) is 5.38. The largest absolute Gasteiger partial charge is 0.311 e. The Bertz CT molecular complexity index is 414. The molecule has 0 amide bonds. The van der Waals surface area contributed by atoms with E-state index in [1.54, 1.807) is 0 Å². The quantitative estimate of drug-likeness (QED) is 0.844. The van der Waals surface area contributed by atoms with Crippen LogP contribution in [0.25, 0.3) is 0 Å². The molecule has 0 aliphatic rings. The predicted molar refractivity (Wildman–Crippen MR) is 64.0 cm³/mol. The summed E-state index contributed by atoms with van der Waals surface area (Å²) in [5.41, 5.74) is 2.13. The summed E-state index contributed by atoms with van der Waals surface area (Å²) in [6.45, 7) is 0. The van der Waals surface area contributed by atoms with Gasteiger partial charge in [0.05, 0.1) is 11.7 Å². The van der Waals surface area contributed by atoms with Crippen LogP contribution in [0.1, 0.15) is 17.4 Å². The third kappa shape index (κ3) is 2.64. The van der Waals surface area contributed by atoms with Crippen LogP contribution in [0, 0.1) is 0 Å². The molecule has 16 heavy (non-hydrogen) atoms. The van der Waals surface area contributed by atoms with E-state index in [0.717, 1.165) is 17.8 Å². The molecule has 2 heterocycles. The molecule has 0 aromatic carbocycles. The first-order valence-corrected chi connectivity index (χ1v) is 5.38. The molecule has 1 atom stereocenters. The van der Waals surface area contributed by atoms with E-state index in [4.69, 9.17) is 0 Å². The highest BCUT2D eigenvalue weighted by atomic mass is 14.9. The topological polar surface area (TPSA) is 37.8 Å². The van der Waals surface area contributed by atoms with Crippen molar-refractivity contribution in [2.75, 3.05) is 7.05 Å². The van der Waals surface area contributed by atoms with Crippen LogP contribution < -0.4 is 5.32 Å². The third-order valence-electron chi connectivity index (χ3n) is 2.53. The molecule has 2 aromatic heterocycles. The summed E-state index contributed by atoms with van der Waals surface area (Å²) < 4.78 is 0. The molecule has 0 saturated heterocycles. The van der Waals surface area contributed by atoms with Crippen LogP contribution >= 0.6 is 0 Å². The molecule has 2 aromatic rings. The molecule has 0 aliphatic carbocycles. The Morgan fingerprint density at radius 3 is 2.38 bits per heavy atom. The number of rotatable bonds is 4. The monoisotopic (exact) mass is 213 g/mol. The molecule has 1 unspecified atom stereocenters. The second kappa shape index (κ2) is 5.37. The number of nitrogens with zero attached hydrogens (tertiary/aromatic N) is 2. The minimum atomic E-state index is 0.219. The lowest BCUT2D eigenvalue weighted by Gasteiger charge is -2.14. The molecule has 82 valence electrons. The summed E-state index contributed by atoms with van der Waals surface area (Å²) in [5.74, 6) is 0. The van der Waals surface area contributed by atoms with Gasteiger partial charge in [-0.3, -0.25) is 9.97 Å². The van der Waals surface area contributed by atoms with Crippen LogP contribution in [0.3, 0.4) is 0 Å². The Balaban J connectivity index is 2.13. The first kappa shape index (κ1) is 10.8. The highest BCUT2D eigenvalue weighted by Gasteiger charge is 2.11. The van der Waals surface area contributed by atoms with E-state index in [9.17, 15) is 0 Å². The summed E-state index contributed by atoms with van der Waals surface area (Å²) in [6, 6.07) is 12.2. The molecule has 3 heteroatoms. The number of hydrogen-bond donors (Lipinski definition) is 1. The average Bonchev–Trinajstić information content (AvgIpc) is 2.38. The Hall–Kier alpha value is -1.74. The van der Waals surface area contributed by atoms with Gasteiger partial charge in [0.25, 0.3) is 0 Å². The maximum absolute atomic E-state index is 4.36. The second-order valence-electron chi connectivity index (χ2n) is 3.62. The van der Waals surface area contributed by atoms with Crippen LogP contribution in [0.5, 0.6) is 0 Å². The van der Waals surface area contributed by atoms with E-state index in [0.29, 0.717) is 0 Å². The lowest BCUT2D eigenvalue weighted by Crippen LogP contribution is -2.20. The van der Waals surface area contributed by atoms with Gasteiger partial charge in [0.1, 0.15) is 0 Å². The lowest BCUT2D eigenvalue weighted by molar-refractivity contribution is 0.569. The van der Waals surface area contributed by atoms with Gasteiger partial charge < -0.3 is 5.32 Å². The standard InChI is InChI=1S/C13H15N3/c1-14-13(12-7-3-5-9-16-12)10-11-6-2-4-8-15-11/h2-9,13-14H,10H2,1H3. The smallest absolute Gasteiger partial charge is 0.0577 e. The van der Waals surface area contributed by atoms with Crippen molar-refractivity contribution in [2.45, 2.75) is 12.5 Å². The van der Waals surface area contributed by atoms with Crippen molar-refractivity contribution < 1.29 is 0 Å². The Labute approximate surface area is 95.6 Å². The Morgan fingerprint density at radius 1 is 1.06 bits per heavy atom. The highest BCUT2D eigenvalue weighted by Crippen LogP contribution is 2.13. The molecular formula is C13H15N3. The molecule has 0 radical (unpaired) electrons. The van der Waals surface area contributed by atoms with E-state index < -0.39 is 0 Å². The summed E-state index contributed by atoms with van der Waals surface area (Å²) in [5, 5.41) is 3.26. The molecule has 1 N–H and O–H groups in total. The van der Waals surface area contributed by atoms with Crippen LogP contribution in [-0.4, -0.2) is 17.0 Å². The van der Waals surface area contributed by atoms with E-state index in [-0.39, 0.29) is 6.04 Å². The number of aromatic nitrogens is 2. The molecule has 0 fully saturated rings. The minimum absolute atomic E-state index is 0.219. The number of likely N-dealkylation sites (N-methyl/N-ethyl adjacent to an activating group) is 1. The van der Waals surface area contributed by atoms with E-state index in [1.165, 1.54) is 0 Å². The highest BCUT2D eigenvalue weighted by molar-refractivity contribution is 5.13. The number of pyridine rings is 2. The van der Waals surface area contributed by atoms with Crippen molar-refractivity contribution in [1.82, 2.24) is 15.3 Å². The van der Waals surface area contributed by atoms with Crippen molar-refractivity contribution in [1.29, 1.82) is 0 Å². The molecule has 3 nitrogen and oxygen atoms in total. The fraction of sp³-hybridized carbons (Fsp3) is 0.231. The van der Waals surface area contributed by atoms with Crippen LogP contribution in [0.15, 0.2) is 48.8 Å². The van der Waals surface area contributed by atoms with E-state index in [1.807, 2.05) is 55.8 Å². The summed E-state index contributed by atoms with van der Waals surface area (Å²) in [4.78, 5) is 8.68. The van der Waals surface area contributed by atoms with Crippen molar-refractivity contribution in [3.05, 3.63) is 60.2 Å². The summed E-state index contributed by atoms with van der Waals surface area (Å²) in [7, 11) is 1.95. The van der Waals surface area contributed by atoms with Gasteiger partial charge >= 0.3 is 0 Å². The second-order valence-corrected chi connectivity index (χ2v) is 3.62. The van der Waals surface area contributed by atoms with Gasteiger partial charge in [0, 0.05) is 24.5 Å². The van der Waals surface area contributed by atoms with Gasteiger partial charge in [-0.15, -0.1) is 0 Å². The lowest BCUT2D eigenvalue weighted by atomic mass is 10.1. The summed E-state index contributed by atoms with van der Waals surface area (Å²) >= 11 is 0. The molecule has 0 bridgehead atoms. The number of hydrogen-bond acceptors (Lipinski definition) is 3. The maximum Gasteiger partial charge on any atom is 0.0577 e. The molecule has 0 spiro atoms. The van der Waals surface area contributed by atoms with Crippen molar-refractivity contribution in [2.24, 2.45) is 0 Å². The maximum atomic E-state index is 4.36.